The first-order valence-corrected chi connectivity index (χ1v) is 7.12. The molecule has 3 aliphatic rings. The summed E-state index contributed by atoms with van der Waals surface area (Å²) in [5.74, 6) is -0.568. The van der Waals surface area contributed by atoms with Gasteiger partial charge in [0.2, 0.25) is 11.8 Å². The van der Waals surface area contributed by atoms with Gasteiger partial charge in [-0.05, 0) is 0 Å². The van der Waals surface area contributed by atoms with Crippen molar-refractivity contribution in [3.8, 4) is 0 Å². The van der Waals surface area contributed by atoms with Crippen molar-refractivity contribution in [2.45, 2.75) is 0 Å². The topological polar surface area (TPSA) is 59.1 Å². The number of carbonyl (C=O) groups excluding carboxylic acids is 2. The third-order valence-corrected chi connectivity index (χ3v) is 4.20. The van der Waals surface area contributed by atoms with Crippen LogP contribution in [0.5, 0.6) is 0 Å². The first-order valence-electron chi connectivity index (χ1n) is 7.12. The molecular formula is C14H20N2O4. The molecule has 6 nitrogen and oxygen atoms in total. The van der Waals surface area contributed by atoms with Crippen molar-refractivity contribution in [1.29, 1.82) is 0 Å². The van der Waals surface area contributed by atoms with Gasteiger partial charge in [-0.3, -0.25) is 9.59 Å². The molecule has 0 aromatic carbocycles. The van der Waals surface area contributed by atoms with Gasteiger partial charge in [-0.15, -0.1) is 0 Å². The van der Waals surface area contributed by atoms with Gasteiger partial charge in [0, 0.05) is 26.2 Å². The van der Waals surface area contributed by atoms with E-state index in [1.807, 2.05) is 0 Å². The fraction of sp³-hybridized carbons (Fsp3) is 0.714. The van der Waals surface area contributed by atoms with Gasteiger partial charge in [-0.1, -0.05) is 12.2 Å². The lowest BCUT2D eigenvalue weighted by atomic mass is 10.2. The molecule has 20 heavy (non-hydrogen) atoms. The summed E-state index contributed by atoms with van der Waals surface area (Å²) in [6, 6.07) is 0. The Morgan fingerprint density at radius 1 is 0.850 bits per heavy atom. The van der Waals surface area contributed by atoms with Crippen LogP contribution in [0.2, 0.25) is 0 Å². The number of morpholine rings is 2. The summed E-state index contributed by atoms with van der Waals surface area (Å²) in [5.41, 5.74) is 0.762. The minimum atomic E-state index is -0.316. The van der Waals surface area contributed by atoms with Crippen LogP contribution in [0.4, 0.5) is 0 Å². The van der Waals surface area contributed by atoms with E-state index in [1.165, 1.54) is 0 Å². The molecule has 6 heteroatoms. The quantitative estimate of drug-likeness (QED) is 0.640. The molecule has 2 amide bonds. The van der Waals surface area contributed by atoms with Crippen LogP contribution in [-0.4, -0.2) is 74.2 Å². The Morgan fingerprint density at radius 2 is 1.20 bits per heavy atom. The normalized spacial score (nSPS) is 30.3. The Labute approximate surface area is 118 Å². The predicted molar refractivity (Wildman–Crippen MR) is 70.9 cm³/mol. The lowest BCUT2D eigenvalue weighted by Gasteiger charge is -2.28. The molecule has 2 aliphatic heterocycles. The molecule has 0 aromatic rings. The molecule has 0 unspecified atom stereocenters. The molecule has 0 spiro atoms. The second-order valence-electron chi connectivity index (χ2n) is 5.41. The van der Waals surface area contributed by atoms with Gasteiger partial charge in [0.25, 0.3) is 0 Å². The first kappa shape index (κ1) is 13.6. The van der Waals surface area contributed by atoms with Crippen LogP contribution >= 0.6 is 0 Å². The third kappa shape index (κ3) is 2.45. The van der Waals surface area contributed by atoms with E-state index in [0.29, 0.717) is 52.6 Å². The van der Waals surface area contributed by atoms with Crippen LogP contribution in [0, 0.1) is 11.8 Å². The zero-order valence-electron chi connectivity index (χ0n) is 11.5. The van der Waals surface area contributed by atoms with E-state index in [0.717, 1.165) is 5.57 Å². The molecule has 1 saturated carbocycles. The zero-order valence-corrected chi connectivity index (χ0v) is 11.5. The molecule has 0 bridgehead atoms. The van der Waals surface area contributed by atoms with Crippen molar-refractivity contribution in [3.05, 3.63) is 12.2 Å². The third-order valence-electron chi connectivity index (χ3n) is 4.20. The smallest absolute Gasteiger partial charge is 0.231 e. The molecule has 2 heterocycles. The summed E-state index contributed by atoms with van der Waals surface area (Å²) in [5, 5.41) is 0. The van der Waals surface area contributed by atoms with Crippen LogP contribution in [0.1, 0.15) is 0 Å². The Bertz CT molecular complexity index is 387. The molecule has 0 N–H and O–H groups in total. The SMILES string of the molecule is C=C1[C@@H](C(=O)N2CCOCC2)[C@@H]1C(=O)N1CCOCC1. The van der Waals surface area contributed by atoms with Crippen LogP contribution in [0.25, 0.3) is 0 Å². The number of nitrogens with zero attached hydrogens (tertiary/aromatic N) is 2. The Balaban J connectivity index is 1.60. The zero-order chi connectivity index (χ0) is 14.1. The average molecular weight is 280 g/mol. The highest BCUT2D eigenvalue weighted by Crippen LogP contribution is 2.46. The summed E-state index contributed by atoms with van der Waals surface area (Å²) in [4.78, 5) is 28.3. The van der Waals surface area contributed by atoms with Crippen molar-refractivity contribution in [1.82, 2.24) is 9.80 Å². The van der Waals surface area contributed by atoms with E-state index in [9.17, 15) is 9.59 Å². The van der Waals surface area contributed by atoms with Crippen molar-refractivity contribution < 1.29 is 19.1 Å². The lowest BCUT2D eigenvalue weighted by Crippen LogP contribution is -2.44. The van der Waals surface area contributed by atoms with Crippen molar-refractivity contribution in [3.63, 3.8) is 0 Å². The second-order valence-corrected chi connectivity index (χ2v) is 5.41. The number of carbonyl (C=O) groups is 2. The number of hydrogen-bond donors (Lipinski definition) is 0. The van der Waals surface area contributed by atoms with Gasteiger partial charge in [0.15, 0.2) is 0 Å². The molecule has 2 atom stereocenters. The number of rotatable bonds is 2. The Kier molecular flexibility index (Phi) is 3.76. The Hall–Kier alpha value is -1.40. The van der Waals surface area contributed by atoms with E-state index in [4.69, 9.17) is 9.47 Å². The van der Waals surface area contributed by atoms with Gasteiger partial charge in [-0.25, -0.2) is 0 Å². The monoisotopic (exact) mass is 280 g/mol. The maximum Gasteiger partial charge on any atom is 0.231 e. The van der Waals surface area contributed by atoms with Crippen molar-refractivity contribution >= 4 is 11.8 Å². The van der Waals surface area contributed by atoms with Gasteiger partial charge in [-0.2, -0.15) is 0 Å². The van der Waals surface area contributed by atoms with Gasteiger partial charge >= 0.3 is 0 Å². The fourth-order valence-corrected chi connectivity index (χ4v) is 2.88. The maximum absolute atomic E-state index is 12.4. The molecule has 3 fully saturated rings. The van der Waals surface area contributed by atoms with Gasteiger partial charge in [0.05, 0.1) is 38.3 Å². The summed E-state index contributed by atoms with van der Waals surface area (Å²) >= 11 is 0. The summed E-state index contributed by atoms with van der Waals surface area (Å²) < 4.78 is 10.5. The lowest BCUT2D eigenvalue weighted by molar-refractivity contribution is -0.142. The number of hydrogen-bond acceptors (Lipinski definition) is 4. The Morgan fingerprint density at radius 3 is 1.55 bits per heavy atom. The average Bonchev–Trinajstić information content (AvgIpc) is 3.18. The van der Waals surface area contributed by atoms with Crippen LogP contribution in [0.15, 0.2) is 12.2 Å². The van der Waals surface area contributed by atoms with Crippen LogP contribution < -0.4 is 0 Å². The van der Waals surface area contributed by atoms with E-state index in [-0.39, 0.29) is 23.7 Å². The van der Waals surface area contributed by atoms with E-state index in [2.05, 4.69) is 6.58 Å². The fourth-order valence-electron chi connectivity index (χ4n) is 2.88. The highest BCUT2D eigenvalue weighted by atomic mass is 16.5. The van der Waals surface area contributed by atoms with Crippen molar-refractivity contribution in [2.24, 2.45) is 11.8 Å². The predicted octanol–water partition coefficient (Wildman–Crippen LogP) is -0.494. The summed E-state index contributed by atoms with van der Waals surface area (Å²) in [7, 11) is 0. The van der Waals surface area contributed by atoms with Crippen LogP contribution in [0.3, 0.4) is 0 Å². The van der Waals surface area contributed by atoms with Crippen LogP contribution in [-0.2, 0) is 19.1 Å². The van der Waals surface area contributed by atoms with Gasteiger partial charge in [0.1, 0.15) is 0 Å². The standard InChI is InChI=1S/C14H20N2O4/c1-10-11(13(17)15-2-6-19-7-3-15)12(10)14(18)16-4-8-20-9-5-16/h11-12H,1-9H2/t11-,12-/m1/s1. The summed E-state index contributed by atoms with van der Waals surface area (Å²) in [6.45, 7) is 8.66. The molecular weight excluding hydrogens is 260 g/mol. The van der Waals surface area contributed by atoms with E-state index in [1.54, 1.807) is 9.80 Å². The molecule has 2 saturated heterocycles. The minimum Gasteiger partial charge on any atom is -0.378 e. The largest absolute Gasteiger partial charge is 0.378 e. The molecule has 110 valence electrons. The maximum atomic E-state index is 12.4. The highest BCUT2D eigenvalue weighted by Gasteiger charge is 2.55. The minimum absolute atomic E-state index is 0.0323. The molecule has 1 aliphatic carbocycles. The van der Waals surface area contributed by atoms with E-state index >= 15 is 0 Å². The van der Waals surface area contributed by atoms with Gasteiger partial charge < -0.3 is 19.3 Å². The number of ether oxygens (including phenoxy) is 2. The first-order chi connectivity index (χ1) is 9.70. The molecule has 0 radical (unpaired) electrons. The highest BCUT2D eigenvalue weighted by molar-refractivity contribution is 5.99. The van der Waals surface area contributed by atoms with E-state index < -0.39 is 0 Å². The van der Waals surface area contributed by atoms with Crippen molar-refractivity contribution in [2.75, 3.05) is 52.6 Å². The molecule has 0 aromatic heterocycles. The molecule has 3 rings (SSSR count). The second kappa shape index (κ2) is 5.54. The summed E-state index contributed by atoms with van der Waals surface area (Å²) in [6.07, 6.45) is 0. The number of amides is 2.